The van der Waals surface area contributed by atoms with E-state index in [1.54, 1.807) is 0 Å². The molecule has 0 N–H and O–H groups in total. The fourth-order valence-corrected chi connectivity index (χ4v) is 3.13. The Morgan fingerprint density at radius 3 is 1.22 bits per heavy atom. The molecular formula is C23H45. The summed E-state index contributed by atoms with van der Waals surface area (Å²) in [5, 5.41) is 0. The third kappa shape index (κ3) is 21.7. The average Bonchev–Trinajstić information content (AvgIpc) is 2.57. The molecule has 0 heteroatoms. The molecule has 0 unspecified atom stereocenters. The molecule has 0 aliphatic carbocycles. The zero-order chi connectivity index (χ0) is 16.8. The summed E-state index contributed by atoms with van der Waals surface area (Å²) >= 11 is 0. The van der Waals surface area contributed by atoms with Gasteiger partial charge in [-0.1, -0.05) is 122 Å². The summed E-state index contributed by atoms with van der Waals surface area (Å²) in [6, 6.07) is 0. The molecule has 0 atom stereocenters. The normalized spacial score (nSPS) is 11.6. The summed E-state index contributed by atoms with van der Waals surface area (Å²) < 4.78 is 0. The van der Waals surface area contributed by atoms with Crippen LogP contribution in [0.2, 0.25) is 0 Å². The Kier molecular flexibility index (Phi) is 21.5. The topological polar surface area (TPSA) is 0 Å². The SMILES string of the molecule is [CH2]CCCC/C=C/CCCCCCCCCCCCCCCC. The number of hydrogen-bond acceptors (Lipinski definition) is 0. The molecule has 0 spiro atoms. The minimum atomic E-state index is 1.09. The Bertz CT molecular complexity index is 216. The third-order valence-corrected chi connectivity index (χ3v) is 4.76. The predicted molar refractivity (Wildman–Crippen MR) is 108 cm³/mol. The Morgan fingerprint density at radius 1 is 0.478 bits per heavy atom. The minimum absolute atomic E-state index is 1.09. The lowest BCUT2D eigenvalue weighted by atomic mass is 10.0. The summed E-state index contributed by atoms with van der Waals surface area (Å²) in [7, 11) is 0. The molecule has 0 saturated carbocycles. The van der Waals surface area contributed by atoms with E-state index >= 15 is 0 Å². The maximum absolute atomic E-state index is 3.88. The molecule has 0 saturated heterocycles. The lowest BCUT2D eigenvalue weighted by molar-refractivity contribution is 0.536. The van der Waals surface area contributed by atoms with Crippen LogP contribution >= 0.6 is 0 Å². The minimum Gasteiger partial charge on any atom is -0.0885 e. The second kappa shape index (κ2) is 21.7. The molecule has 0 aromatic rings. The molecule has 23 heavy (non-hydrogen) atoms. The summed E-state index contributed by atoms with van der Waals surface area (Å²) in [5.74, 6) is 0. The van der Waals surface area contributed by atoms with Crippen LogP contribution in [0.15, 0.2) is 12.2 Å². The van der Waals surface area contributed by atoms with Crippen molar-refractivity contribution in [2.45, 2.75) is 129 Å². The maximum Gasteiger partial charge on any atom is -0.0351 e. The fourth-order valence-electron chi connectivity index (χ4n) is 3.13. The standard InChI is InChI=1S/C23H45/c1-3-5-7-9-11-13-15-17-19-21-23-22-20-18-16-14-12-10-8-6-4-2/h11,13H,1,3-10,12,14-23H2,2H3/b13-11+. The third-order valence-electron chi connectivity index (χ3n) is 4.76. The highest BCUT2D eigenvalue weighted by atomic mass is 14.0. The molecule has 0 amide bonds. The van der Waals surface area contributed by atoms with Gasteiger partial charge in [0, 0.05) is 0 Å². The van der Waals surface area contributed by atoms with E-state index in [4.69, 9.17) is 0 Å². The highest BCUT2D eigenvalue weighted by Gasteiger charge is 1.93. The van der Waals surface area contributed by atoms with Crippen LogP contribution in [0.4, 0.5) is 0 Å². The second-order valence-electron chi connectivity index (χ2n) is 7.21. The Labute approximate surface area is 148 Å². The fraction of sp³-hybridized carbons (Fsp3) is 0.870. The van der Waals surface area contributed by atoms with Gasteiger partial charge in [0.2, 0.25) is 0 Å². The molecular weight excluding hydrogens is 276 g/mol. The van der Waals surface area contributed by atoms with Crippen molar-refractivity contribution in [1.82, 2.24) is 0 Å². The lowest BCUT2D eigenvalue weighted by Gasteiger charge is -2.02. The van der Waals surface area contributed by atoms with Crippen LogP contribution in [0, 0.1) is 6.92 Å². The van der Waals surface area contributed by atoms with E-state index in [0.717, 1.165) is 6.42 Å². The maximum atomic E-state index is 3.88. The number of rotatable bonds is 19. The Balaban J connectivity index is 3.00. The number of hydrogen-bond donors (Lipinski definition) is 0. The van der Waals surface area contributed by atoms with Crippen LogP contribution in [0.1, 0.15) is 129 Å². The smallest absolute Gasteiger partial charge is 0.0351 e. The highest BCUT2D eigenvalue weighted by molar-refractivity contribution is 4.81. The lowest BCUT2D eigenvalue weighted by Crippen LogP contribution is -1.83. The van der Waals surface area contributed by atoms with Crippen LogP contribution in [-0.4, -0.2) is 0 Å². The van der Waals surface area contributed by atoms with Gasteiger partial charge >= 0.3 is 0 Å². The van der Waals surface area contributed by atoms with E-state index in [1.165, 1.54) is 116 Å². The molecule has 0 aliphatic rings. The van der Waals surface area contributed by atoms with Gasteiger partial charge in [-0.15, -0.1) is 0 Å². The Morgan fingerprint density at radius 2 is 0.826 bits per heavy atom. The van der Waals surface area contributed by atoms with Crippen LogP contribution in [0.3, 0.4) is 0 Å². The number of unbranched alkanes of at least 4 members (excludes halogenated alkanes) is 17. The quantitative estimate of drug-likeness (QED) is 0.165. The monoisotopic (exact) mass is 321 g/mol. The van der Waals surface area contributed by atoms with E-state index in [9.17, 15) is 0 Å². The largest absolute Gasteiger partial charge is 0.0885 e. The van der Waals surface area contributed by atoms with Gasteiger partial charge in [0.1, 0.15) is 0 Å². The first-order valence-corrected chi connectivity index (χ1v) is 10.9. The van der Waals surface area contributed by atoms with Crippen molar-refractivity contribution in [1.29, 1.82) is 0 Å². The molecule has 0 aromatic heterocycles. The van der Waals surface area contributed by atoms with E-state index in [1.807, 2.05) is 0 Å². The van der Waals surface area contributed by atoms with Crippen molar-refractivity contribution in [2.75, 3.05) is 0 Å². The van der Waals surface area contributed by atoms with Gasteiger partial charge in [-0.25, -0.2) is 0 Å². The predicted octanol–water partition coefficient (Wildman–Crippen LogP) is 8.81. The molecule has 0 nitrogen and oxygen atoms in total. The van der Waals surface area contributed by atoms with E-state index in [0.29, 0.717) is 0 Å². The number of allylic oxidation sites excluding steroid dienone is 2. The van der Waals surface area contributed by atoms with Gasteiger partial charge in [0.15, 0.2) is 0 Å². The van der Waals surface area contributed by atoms with Gasteiger partial charge < -0.3 is 0 Å². The van der Waals surface area contributed by atoms with E-state index < -0.39 is 0 Å². The Hall–Kier alpha value is -0.260. The first-order chi connectivity index (χ1) is 11.4. The van der Waals surface area contributed by atoms with Gasteiger partial charge in [-0.3, -0.25) is 0 Å². The molecule has 0 aliphatic heterocycles. The van der Waals surface area contributed by atoms with Gasteiger partial charge in [-0.05, 0) is 25.7 Å². The zero-order valence-corrected chi connectivity index (χ0v) is 16.3. The van der Waals surface area contributed by atoms with Crippen LogP contribution in [0.5, 0.6) is 0 Å². The van der Waals surface area contributed by atoms with Crippen molar-refractivity contribution in [2.24, 2.45) is 0 Å². The van der Waals surface area contributed by atoms with Crippen molar-refractivity contribution in [3.63, 3.8) is 0 Å². The van der Waals surface area contributed by atoms with Gasteiger partial charge in [0.05, 0.1) is 0 Å². The summed E-state index contributed by atoms with van der Waals surface area (Å²) in [4.78, 5) is 0. The van der Waals surface area contributed by atoms with Crippen molar-refractivity contribution < 1.29 is 0 Å². The zero-order valence-electron chi connectivity index (χ0n) is 16.3. The van der Waals surface area contributed by atoms with Crippen molar-refractivity contribution in [3.8, 4) is 0 Å². The average molecular weight is 322 g/mol. The summed E-state index contributed by atoms with van der Waals surface area (Å²) in [6.07, 6.45) is 31.3. The molecule has 0 bridgehead atoms. The molecule has 137 valence electrons. The van der Waals surface area contributed by atoms with Crippen molar-refractivity contribution >= 4 is 0 Å². The van der Waals surface area contributed by atoms with Crippen molar-refractivity contribution in [3.05, 3.63) is 19.1 Å². The summed E-state index contributed by atoms with van der Waals surface area (Å²) in [6.45, 7) is 6.17. The molecule has 0 rings (SSSR count). The van der Waals surface area contributed by atoms with Crippen LogP contribution in [0.25, 0.3) is 0 Å². The molecule has 0 heterocycles. The van der Waals surface area contributed by atoms with E-state index in [2.05, 4.69) is 26.0 Å². The van der Waals surface area contributed by atoms with Crippen LogP contribution in [-0.2, 0) is 0 Å². The first-order valence-electron chi connectivity index (χ1n) is 10.9. The van der Waals surface area contributed by atoms with E-state index in [-0.39, 0.29) is 0 Å². The molecule has 0 fully saturated rings. The van der Waals surface area contributed by atoms with Crippen LogP contribution < -0.4 is 0 Å². The highest BCUT2D eigenvalue weighted by Crippen LogP contribution is 2.13. The van der Waals surface area contributed by atoms with Gasteiger partial charge in [0.25, 0.3) is 0 Å². The second-order valence-corrected chi connectivity index (χ2v) is 7.21. The molecule has 1 radical (unpaired) electrons. The first kappa shape index (κ1) is 22.7. The summed E-state index contributed by atoms with van der Waals surface area (Å²) in [5.41, 5.74) is 0. The van der Waals surface area contributed by atoms with Gasteiger partial charge in [-0.2, -0.15) is 0 Å². The molecule has 0 aromatic carbocycles.